The lowest BCUT2D eigenvalue weighted by Crippen LogP contribution is -2.02. The lowest BCUT2D eigenvalue weighted by atomic mass is 9.95. The summed E-state index contributed by atoms with van der Waals surface area (Å²) in [4.78, 5) is 21.4. The number of rotatable bonds is 5. The van der Waals surface area contributed by atoms with Crippen LogP contribution in [-0.2, 0) is 0 Å². The Bertz CT molecular complexity index is 3220. The van der Waals surface area contributed by atoms with E-state index in [0.717, 1.165) is 64.1 Å². The van der Waals surface area contributed by atoms with E-state index in [1.54, 1.807) is 22.7 Å². The van der Waals surface area contributed by atoms with Crippen molar-refractivity contribution in [3.63, 3.8) is 0 Å². The van der Waals surface area contributed by atoms with E-state index in [2.05, 4.69) is 152 Å². The number of aromatic nitrogens is 4. The van der Waals surface area contributed by atoms with Crippen molar-refractivity contribution in [2.45, 2.75) is 0 Å². The van der Waals surface area contributed by atoms with Crippen LogP contribution in [0.15, 0.2) is 170 Å². The van der Waals surface area contributed by atoms with E-state index < -0.39 is 0 Å². The summed E-state index contributed by atoms with van der Waals surface area (Å²) in [6, 6.07) is 59.7. The Morgan fingerprint density at radius 2 is 0.963 bits per heavy atom. The second kappa shape index (κ2) is 12.5. The molecule has 0 aliphatic rings. The van der Waals surface area contributed by atoms with E-state index in [-0.39, 0.29) is 0 Å². The number of nitrogens with zero attached hydrogens (tertiary/aromatic N) is 4. The summed E-state index contributed by atoms with van der Waals surface area (Å²) in [6.07, 6.45) is 0. The normalized spacial score (nSPS) is 11.7. The van der Waals surface area contributed by atoms with Crippen molar-refractivity contribution >= 4 is 74.6 Å². The van der Waals surface area contributed by atoms with Gasteiger partial charge in [0.15, 0.2) is 17.5 Å². The van der Waals surface area contributed by atoms with Crippen LogP contribution in [0.25, 0.3) is 108 Å². The van der Waals surface area contributed by atoms with Gasteiger partial charge in [-0.15, -0.1) is 22.7 Å². The monoisotopic (exact) mass is 724 g/mol. The van der Waals surface area contributed by atoms with E-state index in [0.29, 0.717) is 17.5 Å². The van der Waals surface area contributed by atoms with E-state index in [1.165, 1.54) is 26.2 Å². The fourth-order valence-electron chi connectivity index (χ4n) is 7.50. The van der Waals surface area contributed by atoms with Crippen LogP contribution in [0.5, 0.6) is 0 Å². The highest BCUT2D eigenvalue weighted by Gasteiger charge is 2.24. The predicted octanol–water partition coefficient (Wildman–Crippen LogP) is 13.5. The zero-order valence-electron chi connectivity index (χ0n) is 28.8. The molecule has 0 unspecified atom stereocenters. The lowest BCUT2D eigenvalue weighted by molar-refractivity contribution is 1.08. The number of hydrogen-bond donors (Lipinski definition) is 0. The lowest BCUT2D eigenvalue weighted by Gasteiger charge is -2.14. The summed E-state index contributed by atoms with van der Waals surface area (Å²) in [7, 11) is 0. The van der Waals surface area contributed by atoms with Crippen LogP contribution in [0.1, 0.15) is 0 Å². The topological polar surface area (TPSA) is 51.6 Å². The second-order valence-electron chi connectivity index (χ2n) is 13.4. The minimum Gasteiger partial charge on any atom is -0.235 e. The quantitative estimate of drug-likeness (QED) is 0.177. The summed E-state index contributed by atoms with van der Waals surface area (Å²) < 4.78 is 3.44. The minimum atomic E-state index is 0.614. The number of hydrogen-bond acceptors (Lipinski definition) is 6. The maximum Gasteiger partial charge on any atom is 0.167 e. The molecule has 0 N–H and O–H groups in total. The highest BCUT2D eigenvalue weighted by atomic mass is 32.1. The highest BCUT2D eigenvalue weighted by Crippen LogP contribution is 2.46. The van der Waals surface area contributed by atoms with Crippen molar-refractivity contribution in [2.24, 2.45) is 0 Å². The third-order valence-electron chi connectivity index (χ3n) is 10.1. The molecule has 4 nitrogen and oxygen atoms in total. The number of thiophene rings is 1. The first kappa shape index (κ1) is 31.0. The molecular weight excluding hydrogens is 697 g/mol. The van der Waals surface area contributed by atoms with Crippen LogP contribution in [0.2, 0.25) is 0 Å². The first-order chi connectivity index (χ1) is 26.7. The Morgan fingerprint density at radius 3 is 1.74 bits per heavy atom. The molecule has 54 heavy (non-hydrogen) atoms. The van der Waals surface area contributed by atoms with Gasteiger partial charge in [0.1, 0.15) is 5.01 Å². The molecule has 252 valence electrons. The molecular formula is C48H28N4S2. The Kier molecular flexibility index (Phi) is 7.18. The molecule has 0 spiro atoms. The molecule has 8 aromatic carbocycles. The van der Waals surface area contributed by atoms with Gasteiger partial charge in [-0.25, -0.2) is 19.9 Å². The van der Waals surface area contributed by atoms with Gasteiger partial charge in [-0.3, -0.25) is 0 Å². The third-order valence-corrected chi connectivity index (χ3v) is 12.4. The molecule has 0 atom stereocenters. The predicted molar refractivity (Wildman–Crippen MR) is 228 cm³/mol. The van der Waals surface area contributed by atoms with Crippen LogP contribution in [0.3, 0.4) is 0 Å². The van der Waals surface area contributed by atoms with E-state index in [9.17, 15) is 0 Å². The first-order valence-corrected chi connectivity index (χ1v) is 19.5. The first-order valence-electron chi connectivity index (χ1n) is 17.9. The van der Waals surface area contributed by atoms with Gasteiger partial charge in [0.2, 0.25) is 0 Å². The van der Waals surface area contributed by atoms with Crippen molar-refractivity contribution in [1.29, 1.82) is 0 Å². The average molecular weight is 725 g/mol. The molecule has 0 fully saturated rings. The fraction of sp³-hybridized carbons (Fsp3) is 0. The van der Waals surface area contributed by atoms with E-state index in [4.69, 9.17) is 19.9 Å². The molecule has 0 amide bonds. The van der Waals surface area contributed by atoms with Gasteiger partial charge in [0, 0.05) is 36.9 Å². The van der Waals surface area contributed by atoms with Crippen molar-refractivity contribution in [3.05, 3.63) is 170 Å². The summed E-state index contributed by atoms with van der Waals surface area (Å²) in [5.41, 5.74) is 7.00. The SMILES string of the molecule is c1ccc(-c2nc(-c3cc4ccccc4cc3-c3ccccc3)nc(-c3c4nc(-c5ccc6ccccc6c5)sc4cc4c3sc3ccccc34)n2)cc1. The van der Waals surface area contributed by atoms with Crippen molar-refractivity contribution in [1.82, 2.24) is 19.9 Å². The number of thiazole rings is 1. The molecule has 11 aromatic rings. The average Bonchev–Trinajstić information content (AvgIpc) is 3.84. The molecule has 0 radical (unpaired) electrons. The van der Waals surface area contributed by atoms with Crippen molar-refractivity contribution < 1.29 is 0 Å². The second-order valence-corrected chi connectivity index (χ2v) is 15.5. The molecule has 3 aromatic heterocycles. The van der Waals surface area contributed by atoms with Gasteiger partial charge in [0.05, 0.1) is 15.8 Å². The highest BCUT2D eigenvalue weighted by molar-refractivity contribution is 7.27. The molecule has 0 saturated heterocycles. The summed E-state index contributed by atoms with van der Waals surface area (Å²) in [5, 5.41) is 8.08. The third kappa shape index (κ3) is 5.18. The molecule has 0 bridgehead atoms. The van der Waals surface area contributed by atoms with Crippen LogP contribution in [0.4, 0.5) is 0 Å². The largest absolute Gasteiger partial charge is 0.235 e. The number of fused-ring (bicyclic) bond motifs is 6. The maximum absolute atomic E-state index is 5.43. The minimum absolute atomic E-state index is 0.614. The van der Waals surface area contributed by atoms with E-state index >= 15 is 0 Å². The van der Waals surface area contributed by atoms with Crippen LogP contribution in [0, 0.1) is 0 Å². The van der Waals surface area contributed by atoms with Crippen LogP contribution < -0.4 is 0 Å². The Hall–Kier alpha value is -6.60. The van der Waals surface area contributed by atoms with Gasteiger partial charge >= 0.3 is 0 Å². The summed E-state index contributed by atoms with van der Waals surface area (Å²) in [5.74, 6) is 1.86. The summed E-state index contributed by atoms with van der Waals surface area (Å²) >= 11 is 3.49. The molecule has 3 heterocycles. The molecule has 11 rings (SSSR count). The van der Waals surface area contributed by atoms with Gasteiger partial charge in [-0.1, -0.05) is 140 Å². The zero-order valence-corrected chi connectivity index (χ0v) is 30.4. The smallest absolute Gasteiger partial charge is 0.167 e. The van der Waals surface area contributed by atoms with Crippen LogP contribution >= 0.6 is 22.7 Å². The molecule has 0 aliphatic carbocycles. The fourth-order valence-corrected chi connectivity index (χ4v) is 9.74. The number of benzene rings is 8. The van der Waals surface area contributed by atoms with Gasteiger partial charge in [-0.05, 0) is 63.0 Å². The summed E-state index contributed by atoms with van der Waals surface area (Å²) in [6.45, 7) is 0. The van der Waals surface area contributed by atoms with Crippen molar-refractivity contribution in [3.8, 4) is 55.9 Å². The molecule has 0 saturated carbocycles. The Labute approximate surface area is 318 Å². The maximum atomic E-state index is 5.43. The Balaban J connectivity index is 1.23. The van der Waals surface area contributed by atoms with Crippen LogP contribution in [-0.4, -0.2) is 19.9 Å². The molecule has 6 heteroatoms. The Morgan fingerprint density at radius 1 is 0.352 bits per heavy atom. The zero-order chi connectivity index (χ0) is 35.6. The van der Waals surface area contributed by atoms with Gasteiger partial charge in [-0.2, -0.15) is 0 Å². The van der Waals surface area contributed by atoms with Gasteiger partial charge < -0.3 is 0 Å². The standard InChI is InChI=1S/C48H28N4S2/c1-3-14-30(15-4-1)37-26-33-19-9-10-20-34(33)27-39(37)46-50-45(31-16-5-2-6-17-31)51-47(52-46)42-43-41(28-38-36-21-11-12-22-40(36)53-44(38)42)54-48(49-43)35-24-23-29-13-7-8-18-32(29)25-35/h1-28H. The van der Waals surface area contributed by atoms with Gasteiger partial charge in [0.25, 0.3) is 0 Å². The van der Waals surface area contributed by atoms with E-state index in [1.807, 2.05) is 18.2 Å². The van der Waals surface area contributed by atoms with Crippen molar-refractivity contribution in [2.75, 3.05) is 0 Å². The molecule has 0 aliphatic heterocycles.